The van der Waals surface area contributed by atoms with Gasteiger partial charge in [-0.1, -0.05) is 0 Å². The zero-order valence-corrected chi connectivity index (χ0v) is 11.4. The maximum absolute atomic E-state index is 12.4. The molecular formula is C12H21N5O. The van der Waals surface area contributed by atoms with E-state index in [1.165, 1.54) is 4.68 Å². The number of hydrogen-bond donors (Lipinski definition) is 1. The first-order valence-corrected chi connectivity index (χ1v) is 6.20. The van der Waals surface area contributed by atoms with E-state index in [9.17, 15) is 4.79 Å². The average molecular weight is 251 g/mol. The Bertz CT molecular complexity index is 443. The van der Waals surface area contributed by atoms with Crippen LogP contribution in [-0.4, -0.2) is 57.7 Å². The van der Waals surface area contributed by atoms with Crippen molar-refractivity contribution in [1.29, 1.82) is 0 Å². The average Bonchev–Trinajstić information content (AvgIpc) is 2.65. The van der Waals surface area contributed by atoms with Crippen LogP contribution in [0.25, 0.3) is 0 Å². The molecule has 18 heavy (non-hydrogen) atoms. The molecule has 0 bridgehead atoms. The molecule has 0 aliphatic carbocycles. The Kier molecular flexibility index (Phi) is 3.30. The Morgan fingerprint density at radius 3 is 2.33 bits per heavy atom. The van der Waals surface area contributed by atoms with Gasteiger partial charge < -0.3 is 10.6 Å². The molecule has 2 N–H and O–H groups in total. The van der Waals surface area contributed by atoms with Crippen molar-refractivity contribution in [1.82, 2.24) is 19.6 Å². The molecule has 1 saturated heterocycles. The van der Waals surface area contributed by atoms with Gasteiger partial charge >= 0.3 is 0 Å². The molecule has 1 fully saturated rings. The number of amides is 1. The number of hydrogen-bond acceptors (Lipinski definition) is 4. The minimum Gasteiger partial charge on any atom is -0.383 e. The van der Waals surface area contributed by atoms with Gasteiger partial charge in [0.15, 0.2) is 0 Å². The van der Waals surface area contributed by atoms with E-state index in [1.807, 2.05) is 4.90 Å². The number of rotatable bonds is 1. The highest BCUT2D eigenvalue weighted by molar-refractivity contribution is 5.98. The Morgan fingerprint density at radius 1 is 1.33 bits per heavy atom. The van der Waals surface area contributed by atoms with Crippen molar-refractivity contribution in [3.8, 4) is 0 Å². The maximum Gasteiger partial charge on any atom is 0.259 e. The highest BCUT2D eigenvalue weighted by Gasteiger charge is 2.31. The smallest absolute Gasteiger partial charge is 0.259 e. The van der Waals surface area contributed by atoms with E-state index in [4.69, 9.17) is 5.73 Å². The molecule has 0 aromatic carbocycles. The van der Waals surface area contributed by atoms with Crippen LogP contribution in [0.15, 0.2) is 6.20 Å². The molecule has 2 atom stereocenters. The summed E-state index contributed by atoms with van der Waals surface area (Å²) in [5.41, 5.74) is 6.35. The number of likely N-dealkylation sites (N-methyl/N-ethyl adjacent to an activating group) is 1. The van der Waals surface area contributed by atoms with E-state index < -0.39 is 0 Å². The predicted molar refractivity (Wildman–Crippen MR) is 70.2 cm³/mol. The van der Waals surface area contributed by atoms with Crippen molar-refractivity contribution in [3.05, 3.63) is 11.8 Å². The van der Waals surface area contributed by atoms with Gasteiger partial charge in [0.25, 0.3) is 5.91 Å². The number of carbonyl (C=O) groups excluding carboxylic acids is 1. The molecule has 1 amide bonds. The highest BCUT2D eigenvalue weighted by atomic mass is 16.2. The van der Waals surface area contributed by atoms with Crippen molar-refractivity contribution in [2.75, 3.05) is 25.9 Å². The predicted octanol–water partition coefficient (Wildman–Crippen LogP) is 0.167. The van der Waals surface area contributed by atoms with Crippen LogP contribution < -0.4 is 5.73 Å². The normalized spacial score (nSPS) is 25.4. The van der Waals surface area contributed by atoms with Crippen LogP contribution in [-0.2, 0) is 7.05 Å². The van der Waals surface area contributed by atoms with Crippen molar-refractivity contribution in [3.63, 3.8) is 0 Å². The molecule has 2 unspecified atom stereocenters. The maximum atomic E-state index is 12.4. The fraction of sp³-hybridized carbons (Fsp3) is 0.667. The second-order valence-corrected chi connectivity index (χ2v) is 5.14. The Morgan fingerprint density at radius 2 is 1.89 bits per heavy atom. The van der Waals surface area contributed by atoms with Gasteiger partial charge in [-0.2, -0.15) is 5.10 Å². The summed E-state index contributed by atoms with van der Waals surface area (Å²) in [7, 11) is 3.83. The lowest BCUT2D eigenvalue weighted by Gasteiger charge is -2.42. The summed E-state index contributed by atoms with van der Waals surface area (Å²) in [6.07, 6.45) is 1.55. The van der Waals surface area contributed by atoms with Gasteiger partial charge in [-0.3, -0.25) is 14.4 Å². The fourth-order valence-electron chi connectivity index (χ4n) is 2.35. The van der Waals surface area contributed by atoms with Gasteiger partial charge in [-0.15, -0.1) is 0 Å². The van der Waals surface area contributed by atoms with Crippen LogP contribution in [0.3, 0.4) is 0 Å². The van der Waals surface area contributed by atoms with Crippen LogP contribution in [0, 0.1) is 0 Å². The minimum atomic E-state index is -0.0209. The van der Waals surface area contributed by atoms with E-state index >= 15 is 0 Å². The van der Waals surface area contributed by atoms with Gasteiger partial charge in [-0.05, 0) is 20.9 Å². The van der Waals surface area contributed by atoms with Crippen molar-refractivity contribution in [2.45, 2.75) is 25.9 Å². The first kappa shape index (κ1) is 12.9. The lowest BCUT2D eigenvalue weighted by atomic mass is 10.1. The van der Waals surface area contributed by atoms with E-state index in [0.29, 0.717) is 23.5 Å². The zero-order valence-electron chi connectivity index (χ0n) is 11.4. The molecule has 100 valence electrons. The summed E-state index contributed by atoms with van der Waals surface area (Å²) in [5, 5.41) is 4.02. The molecule has 1 aliphatic heterocycles. The molecule has 2 heterocycles. The number of nitrogen functional groups attached to an aromatic ring is 1. The molecule has 6 heteroatoms. The molecule has 0 radical (unpaired) electrons. The third kappa shape index (κ3) is 2.08. The van der Waals surface area contributed by atoms with Crippen molar-refractivity contribution in [2.24, 2.45) is 7.05 Å². The summed E-state index contributed by atoms with van der Waals surface area (Å²) in [5.74, 6) is 0.409. The fourth-order valence-corrected chi connectivity index (χ4v) is 2.35. The monoisotopic (exact) mass is 251 g/mol. The molecule has 0 saturated carbocycles. The summed E-state index contributed by atoms with van der Waals surface area (Å²) < 4.78 is 1.52. The van der Waals surface area contributed by atoms with E-state index in [0.717, 1.165) is 13.1 Å². The summed E-state index contributed by atoms with van der Waals surface area (Å²) in [6, 6.07) is 0.714. The summed E-state index contributed by atoms with van der Waals surface area (Å²) >= 11 is 0. The van der Waals surface area contributed by atoms with E-state index in [2.05, 4.69) is 30.9 Å². The molecule has 2 rings (SSSR count). The van der Waals surface area contributed by atoms with Crippen LogP contribution >= 0.6 is 0 Å². The number of aryl methyl sites for hydroxylation is 1. The lowest BCUT2D eigenvalue weighted by Crippen LogP contribution is -2.56. The summed E-state index contributed by atoms with van der Waals surface area (Å²) in [4.78, 5) is 16.6. The first-order chi connectivity index (χ1) is 8.41. The largest absolute Gasteiger partial charge is 0.383 e. The van der Waals surface area contributed by atoms with Crippen LogP contribution in [0.5, 0.6) is 0 Å². The van der Waals surface area contributed by atoms with Gasteiger partial charge in [0.1, 0.15) is 11.4 Å². The van der Waals surface area contributed by atoms with Gasteiger partial charge in [-0.25, -0.2) is 0 Å². The molecule has 1 aliphatic rings. The second-order valence-electron chi connectivity index (χ2n) is 5.14. The highest BCUT2D eigenvalue weighted by Crippen LogP contribution is 2.18. The van der Waals surface area contributed by atoms with Gasteiger partial charge in [0, 0.05) is 32.2 Å². The summed E-state index contributed by atoms with van der Waals surface area (Å²) in [6.45, 7) is 5.72. The molecule has 1 aromatic rings. The topological polar surface area (TPSA) is 67.4 Å². The SMILES string of the molecule is CC1CN(C(=O)c2cnn(C)c2N)CC(C)N1C. The van der Waals surface area contributed by atoms with Crippen LogP contribution in [0.1, 0.15) is 24.2 Å². The number of carbonyl (C=O) groups is 1. The second kappa shape index (κ2) is 4.61. The number of nitrogens with two attached hydrogens (primary N) is 1. The standard InChI is InChI=1S/C12H21N5O/c1-8-6-17(7-9(2)15(8)3)12(18)10-5-14-16(4)11(10)13/h5,8-9H,6-7,13H2,1-4H3. The first-order valence-electron chi connectivity index (χ1n) is 6.20. The van der Waals surface area contributed by atoms with E-state index in [1.54, 1.807) is 13.2 Å². The number of nitrogens with zero attached hydrogens (tertiary/aromatic N) is 4. The number of anilines is 1. The Hall–Kier alpha value is -1.56. The molecule has 6 nitrogen and oxygen atoms in total. The quantitative estimate of drug-likeness (QED) is 0.772. The van der Waals surface area contributed by atoms with Crippen LogP contribution in [0.4, 0.5) is 5.82 Å². The molecule has 0 spiro atoms. The van der Waals surface area contributed by atoms with Crippen molar-refractivity contribution >= 4 is 11.7 Å². The molecule has 1 aromatic heterocycles. The van der Waals surface area contributed by atoms with Crippen molar-refractivity contribution < 1.29 is 4.79 Å². The zero-order chi connectivity index (χ0) is 13.4. The van der Waals surface area contributed by atoms with Gasteiger partial charge in [0.2, 0.25) is 0 Å². The van der Waals surface area contributed by atoms with Crippen LogP contribution in [0.2, 0.25) is 0 Å². The third-order valence-corrected chi connectivity index (χ3v) is 3.86. The number of piperazine rings is 1. The van der Waals surface area contributed by atoms with E-state index in [-0.39, 0.29) is 5.91 Å². The molecular weight excluding hydrogens is 230 g/mol. The third-order valence-electron chi connectivity index (χ3n) is 3.86. The minimum absolute atomic E-state index is 0.0209. The lowest BCUT2D eigenvalue weighted by molar-refractivity contribution is 0.0415. The number of aromatic nitrogens is 2. The Labute approximate surface area is 107 Å². The Balaban J connectivity index is 2.17. The van der Waals surface area contributed by atoms with Gasteiger partial charge in [0.05, 0.1) is 6.20 Å².